The Hall–Kier alpha value is -1.07. The highest BCUT2D eigenvalue weighted by Crippen LogP contribution is 2.27. The molecule has 1 atom stereocenters. The van der Waals surface area contributed by atoms with Crippen molar-refractivity contribution in [3.63, 3.8) is 0 Å². The van der Waals surface area contributed by atoms with E-state index in [0.717, 1.165) is 6.42 Å². The third-order valence-electron chi connectivity index (χ3n) is 3.40. The van der Waals surface area contributed by atoms with Gasteiger partial charge in [0.15, 0.2) is 0 Å². The third kappa shape index (κ3) is 2.99. The van der Waals surface area contributed by atoms with E-state index in [1.54, 1.807) is 37.2 Å². The van der Waals surface area contributed by atoms with Crippen molar-refractivity contribution >= 4 is 39.3 Å². The van der Waals surface area contributed by atoms with Crippen molar-refractivity contribution in [1.82, 2.24) is 9.80 Å². The number of rotatable bonds is 2. The van der Waals surface area contributed by atoms with Crippen molar-refractivity contribution in [3.05, 3.63) is 33.3 Å². The first-order chi connectivity index (χ1) is 9.41. The van der Waals surface area contributed by atoms with Crippen LogP contribution in [-0.2, 0) is 4.79 Å². The van der Waals surface area contributed by atoms with Gasteiger partial charge in [0.1, 0.15) is 6.04 Å². The summed E-state index contributed by atoms with van der Waals surface area (Å²) in [4.78, 5) is 27.9. The lowest BCUT2D eigenvalue weighted by Crippen LogP contribution is -2.45. The number of halogens is 2. The molecule has 0 aromatic heterocycles. The van der Waals surface area contributed by atoms with Crippen molar-refractivity contribution in [2.45, 2.75) is 18.9 Å². The molecule has 0 N–H and O–H groups in total. The maximum absolute atomic E-state index is 12.6. The molecule has 1 fully saturated rings. The Morgan fingerprint density at radius 3 is 2.75 bits per heavy atom. The van der Waals surface area contributed by atoms with Crippen LogP contribution in [0.25, 0.3) is 0 Å². The molecule has 1 unspecified atom stereocenters. The van der Waals surface area contributed by atoms with Crippen LogP contribution in [0.15, 0.2) is 22.7 Å². The quantitative estimate of drug-likeness (QED) is 0.815. The van der Waals surface area contributed by atoms with Gasteiger partial charge in [0.2, 0.25) is 5.91 Å². The third-order valence-corrected chi connectivity index (χ3v) is 4.32. The molecule has 2 rings (SSSR count). The summed E-state index contributed by atoms with van der Waals surface area (Å²) in [6, 6.07) is 4.72. The molecule has 0 aliphatic carbocycles. The van der Waals surface area contributed by atoms with Crippen LogP contribution in [0.4, 0.5) is 0 Å². The fourth-order valence-corrected chi connectivity index (χ4v) is 2.97. The molecule has 0 radical (unpaired) electrons. The smallest absolute Gasteiger partial charge is 0.255 e. The highest BCUT2D eigenvalue weighted by atomic mass is 79.9. The minimum atomic E-state index is -0.372. The van der Waals surface area contributed by atoms with Crippen LogP contribution >= 0.6 is 27.5 Å². The lowest BCUT2D eigenvalue weighted by Gasteiger charge is -2.26. The Bertz CT molecular complexity index is 548. The molecule has 20 heavy (non-hydrogen) atoms. The molecule has 6 heteroatoms. The maximum Gasteiger partial charge on any atom is 0.255 e. The van der Waals surface area contributed by atoms with Crippen LogP contribution in [0, 0.1) is 0 Å². The van der Waals surface area contributed by atoms with Gasteiger partial charge in [0.25, 0.3) is 5.91 Å². The first-order valence-electron chi connectivity index (χ1n) is 6.39. The summed E-state index contributed by atoms with van der Waals surface area (Å²) in [5.74, 6) is -0.189. The molecule has 1 saturated heterocycles. The van der Waals surface area contributed by atoms with E-state index in [4.69, 9.17) is 11.6 Å². The van der Waals surface area contributed by atoms with E-state index in [2.05, 4.69) is 15.9 Å². The highest BCUT2D eigenvalue weighted by molar-refractivity contribution is 9.10. The highest BCUT2D eigenvalue weighted by Gasteiger charge is 2.35. The molecule has 2 amide bonds. The molecule has 1 aromatic rings. The standard InChI is InChI=1S/C14H16BrClN2O2/c1-17(2)14(20)12-4-3-7-18(12)13(19)10-8-9(16)5-6-11(10)15/h5-6,8,12H,3-4,7H2,1-2H3. The van der Waals surface area contributed by atoms with Gasteiger partial charge in [-0.25, -0.2) is 0 Å². The predicted octanol–water partition coefficient (Wildman–Crippen LogP) is 2.80. The topological polar surface area (TPSA) is 40.6 Å². The van der Waals surface area contributed by atoms with E-state index < -0.39 is 0 Å². The van der Waals surface area contributed by atoms with Crippen LogP contribution in [0.5, 0.6) is 0 Å². The van der Waals surface area contributed by atoms with E-state index in [0.29, 0.717) is 28.0 Å². The molecule has 0 spiro atoms. The lowest BCUT2D eigenvalue weighted by molar-refractivity contribution is -0.132. The summed E-state index contributed by atoms with van der Waals surface area (Å²) >= 11 is 9.31. The molecule has 1 aliphatic heterocycles. The Morgan fingerprint density at radius 2 is 2.10 bits per heavy atom. The molecule has 4 nitrogen and oxygen atoms in total. The van der Waals surface area contributed by atoms with Crippen LogP contribution in [-0.4, -0.2) is 48.3 Å². The number of likely N-dealkylation sites (tertiary alicyclic amines) is 1. The predicted molar refractivity (Wildman–Crippen MR) is 81.9 cm³/mol. The molecule has 1 aromatic carbocycles. The summed E-state index contributed by atoms with van der Waals surface area (Å²) < 4.78 is 0.690. The molecular weight excluding hydrogens is 344 g/mol. The van der Waals surface area contributed by atoms with Gasteiger partial charge in [0.05, 0.1) is 5.56 Å². The number of likely N-dealkylation sites (N-methyl/N-ethyl adjacent to an activating group) is 1. The average molecular weight is 360 g/mol. The van der Waals surface area contributed by atoms with E-state index in [-0.39, 0.29) is 17.9 Å². The second-order valence-corrected chi connectivity index (χ2v) is 6.30. The van der Waals surface area contributed by atoms with Gasteiger partial charge in [-0.15, -0.1) is 0 Å². The largest absolute Gasteiger partial charge is 0.347 e. The second-order valence-electron chi connectivity index (χ2n) is 5.01. The fraction of sp³-hybridized carbons (Fsp3) is 0.429. The van der Waals surface area contributed by atoms with Crippen molar-refractivity contribution < 1.29 is 9.59 Å². The zero-order valence-electron chi connectivity index (χ0n) is 11.4. The van der Waals surface area contributed by atoms with Crippen LogP contribution in [0.2, 0.25) is 5.02 Å². The number of hydrogen-bond donors (Lipinski definition) is 0. The van der Waals surface area contributed by atoms with Gasteiger partial charge >= 0.3 is 0 Å². The fourth-order valence-electron chi connectivity index (χ4n) is 2.38. The van der Waals surface area contributed by atoms with Crippen LogP contribution < -0.4 is 0 Å². The van der Waals surface area contributed by atoms with Crippen LogP contribution in [0.1, 0.15) is 23.2 Å². The van der Waals surface area contributed by atoms with Gasteiger partial charge in [-0.2, -0.15) is 0 Å². The van der Waals surface area contributed by atoms with Gasteiger partial charge < -0.3 is 9.80 Å². The Labute approximate surface area is 131 Å². The summed E-state index contributed by atoms with van der Waals surface area (Å²) in [6.45, 7) is 0.599. The van der Waals surface area contributed by atoms with Crippen molar-refractivity contribution in [2.24, 2.45) is 0 Å². The van der Waals surface area contributed by atoms with Gasteiger partial charge in [-0.3, -0.25) is 9.59 Å². The van der Waals surface area contributed by atoms with Crippen LogP contribution in [0.3, 0.4) is 0 Å². The summed E-state index contributed by atoms with van der Waals surface area (Å²) in [5, 5.41) is 0.506. The van der Waals surface area contributed by atoms with E-state index in [1.165, 1.54) is 4.90 Å². The molecule has 0 saturated carbocycles. The van der Waals surface area contributed by atoms with E-state index in [1.807, 2.05) is 0 Å². The minimum Gasteiger partial charge on any atom is -0.347 e. The molecule has 108 valence electrons. The number of carbonyl (C=O) groups is 2. The lowest BCUT2D eigenvalue weighted by atomic mass is 10.1. The van der Waals surface area contributed by atoms with Crippen molar-refractivity contribution in [3.8, 4) is 0 Å². The first-order valence-corrected chi connectivity index (χ1v) is 7.56. The van der Waals surface area contributed by atoms with E-state index >= 15 is 0 Å². The SMILES string of the molecule is CN(C)C(=O)C1CCCN1C(=O)c1cc(Cl)ccc1Br. The van der Waals surface area contributed by atoms with Crippen molar-refractivity contribution in [2.75, 3.05) is 20.6 Å². The van der Waals surface area contributed by atoms with E-state index in [9.17, 15) is 9.59 Å². The molecule has 1 heterocycles. The monoisotopic (exact) mass is 358 g/mol. The van der Waals surface area contributed by atoms with Crippen molar-refractivity contribution in [1.29, 1.82) is 0 Å². The molecular formula is C14H16BrClN2O2. The molecule has 0 bridgehead atoms. The Kier molecular flexibility index (Phi) is 4.70. The second kappa shape index (κ2) is 6.14. The average Bonchev–Trinajstić information content (AvgIpc) is 2.88. The first kappa shape index (κ1) is 15.3. The number of benzene rings is 1. The summed E-state index contributed by atoms with van der Waals surface area (Å²) in [5.41, 5.74) is 0.496. The zero-order chi connectivity index (χ0) is 14.9. The van der Waals surface area contributed by atoms with Gasteiger partial charge in [-0.1, -0.05) is 11.6 Å². The van der Waals surface area contributed by atoms with Gasteiger partial charge in [0, 0.05) is 30.1 Å². The summed E-state index contributed by atoms with van der Waals surface area (Å²) in [7, 11) is 3.41. The Balaban J connectivity index is 2.28. The number of nitrogens with zero attached hydrogens (tertiary/aromatic N) is 2. The number of hydrogen-bond acceptors (Lipinski definition) is 2. The zero-order valence-corrected chi connectivity index (χ0v) is 13.7. The summed E-state index contributed by atoms with van der Waals surface area (Å²) in [6.07, 6.45) is 1.55. The minimum absolute atomic E-state index is 0.0333. The number of amides is 2. The number of carbonyl (C=O) groups excluding carboxylic acids is 2. The van der Waals surface area contributed by atoms with Gasteiger partial charge in [-0.05, 0) is 47.0 Å². The Morgan fingerprint density at radius 1 is 1.40 bits per heavy atom. The molecule has 1 aliphatic rings. The maximum atomic E-state index is 12.6. The normalized spacial score (nSPS) is 18.2.